The zero-order valence-electron chi connectivity index (χ0n) is 22.0. The van der Waals surface area contributed by atoms with Crippen LogP contribution in [-0.4, -0.2) is 36.4 Å². The molecule has 0 fully saturated rings. The minimum Gasteiger partial charge on any atom is -0.481 e. The van der Waals surface area contributed by atoms with Crippen molar-refractivity contribution in [2.75, 3.05) is 7.11 Å². The number of benzene rings is 1. The summed E-state index contributed by atoms with van der Waals surface area (Å²) in [5, 5.41) is -0.261. The van der Waals surface area contributed by atoms with Gasteiger partial charge in [-0.05, 0) is 76.1 Å². The molecule has 0 unspecified atom stereocenters. The van der Waals surface area contributed by atoms with Gasteiger partial charge >= 0.3 is 0 Å². The van der Waals surface area contributed by atoms with Crippen LogP contribution in [0.25, 0.3) is 11.3 Å². The molecule has 1 amide bonds. The minimum absolute atomic E-state index is 0. The molecule has 3 heterocycles. The lowest BCUT2D eigenvalue weighted by atomic mass is 10.1. The molecule has 0 saturated heterocycles. The number of nitrogens with zero attached hydrogens (tertiary/aromatic N) is 3. The van der Waals surface area contributed by atoms with E-state index in [1.165, 1.54) is 12.1 Å². The van der Waals surface area contributed by atoms with Gasteiger partial charge in [0, 0.05) is 25.9 Å². The van der Waals surface area contributed by atoms with Gasteiger partial charge in [-0.1, -0.05) is 23.8 Å². The van der Waals surface area contributed by atoms with Crippen molar-refractivity contribution >= 4 is 15.9 Å². The van der Waals surface area contributed by atoms with Crippen molar-refractivity contribution in [3.63, 3.8) is 0 Å². The van der Waals surface area contributed by atoms with Crippen molar-refractivity contribution in [3.8, 4) is 28.8 Å². The van der Waals surface area contributed by atoms with Gasteiger partial charge in [-0.3, -0.25) is 4.79 Å². The van der Waals surface area contributed by atoms with Crippen LogP contribution in [-0.2, 0) is 10.0 Å². The van der Waals surface area contributed by atoms with Crippen LogP contribution >= 0.6 is 0 Å². The van der Waals surface area contributed by atoms with Crippen LogP contribution < -0.4 is 14.2 Å². The minimum atomic E-state index is -4.24. The Labute approximate surface area is 224 Å². The van der Waals surface area contributed by atoms with Gasteiger partial charge in [-0.15, -0.1) is 0 Å². The SMILES string of the molecule is COc1ncc(-c2ccc(C(=O)NS(=O)(=O)c3cccc(C)n3)c(Oc3c(C)cc(C)cc3C)n2)cc1C.[HH].[HH]. The Kier molecular flexibility index (Phi) is 7.45. The predicted molar refractivity (Wildman–Crippen MR) is 147 cm³/mol. The number of hydrogen-bond donors (Lipinski definition) is 1. The van der Waals surface area contributed by atoms with Crippen LogP contribution in [0.15, 0.2) is 59.8 Å². The molecule has 0 aliphatic carbocycles. The van der Waals surface area contributed by atoms with Crippen molar-refractivity contribution in [1.82, 2.24) is 19.7 Å². The summed E-state index contributed by atoms with van der Waals surface area (Å²) in [6.07, 6.45) is 1.61. The molecule has 4 rings (SSSR count). The monoisotopic (exact) mass is 536 g/mol. The number of ether oxygens (including phenoxy) is 2. The number of methoxy groups -OCH3 is 1. The number of aromatic nitrogens is 3. The number of hydrogen-bond acceptors (Lipinski definition) is 8. The van der Waals surface area contributed by atoms with Gasteiger partial charge in [-0.2, -0.15) is 8.42 Å². The molecule has 1 N–H and O–H groups in total. The smallest absolute Gasteiger partial charge is 0.281 e. The molecule has 3 aromatic heterocycles. The van der Waals surface area contributed by atoms with E-state index < -0.39 is 15.9 Å². The normalized spacial score (nSPS) is 11.2. The summed E-state index contributed by atoms with van der Waals surface area (Å²) in [6, 6.07) is 13.4. The third-order valence-electron chi connectivity index (χ3n) is 5.79. The molecule has 0 radical (unpaired) electrons. The van der Waals surface area contributed by atoms with Crippen LogP contribution in [0.4, 0.5) is 0 Å². The lowest BCUT2D eigenvalue weighted by Gasteiger charge is -2.16. The number of amides is 1. The summed E-state index contributed by atoms with van der Waals surface area (Å²) in [4.78, 5) is 26.2. The molecule has 0 saturated carbocycles. The maximum atomic E-state index is 13.3. The molecular formula is C28H32N4O5S. The summed E-state index contributed by atoms with van der Waals surface area (Å²) in [5.41, 5.74) is 5.17. The highest BCUT2D eigenvalue weighted by Crippen LogP contribution is 2.33. The van der Waals surface area contributed by atoms with E-state index in [1.54, 1.807) is 38.4 Å². The first-order chi connectivity index (χ1) is 18.0. The Hall–Kier alpha value is -4.31. The van der Waals surface area contributed by atoms with Crippen LogP contribution in [0.1, 0.15) is 41.2 Å². The standard InChI is InChI=1S/C28H28N4O5S.2H2/c1-16-12-17(2)25(18(3)13-16)37-28-22(26(33)32-38(34,35)24-9-7-8-20(5)30-24)10-11-23(31-28)21-14-19(4)27(36-6)29-15-21;;/h7-15H,1-6H3,(H,32,33);2*1H. The van der Waals surface area contributed by atoms with Gasteiger partial charge in [0.1, 0.15) is 11.3 Å². The van der Waals surface area contributed by atoms with Crippen molar-refractivity contribution in [2.45, 2.75) is 39.6 Å². The van der Waals surface area contributed by atoms with E-state index in [0.717, 1.165) is 22.3 Å². The molecule has 200 valence electrons. The molecule has 0 spiro atoms. The van der Waals surface area contributed by atoms with Crippen LogP contribution in [0.5, 0.6) is 17.5 Å². The summed E-state index contributed by atoms with van der Waals surface area (Å²) in [7, 11) is -2.69. The summed E-state index contributed by atoms with van der Waals surface area (Å²) in [6.45, 7) is 9.28. The highest BCUT2D eigenvalue weighted by atomic mass is 32.2. The fourth-order valence-corrected chi connectivity index (χ4v) is 5.07. The highest BCUT2D eigenvalue weighted by Gasteiger charge is 2.25. The van der Waals surface area contributed by atoms with Crippen molar-refractivity contribution in [3.05, 3.63) is 88.2 Å². The van der Waals surface area contributed by atoms with E-state index in [1.807, 2.05) is 45.9 Å². The summed E-state index contributed by atoms with van der Waals surface area (Å²) in [5.74, 6) is 0.0772. The first-order valence-electron chi connectivity index (χ1n) is 11.8. The average molecular weight is 537 g/mol. The maximum Gasteiger partial charge on any atom is 0.281 e. The first-order valence-corrected chi connectivity index (χ1v) is 13.3. The second-order valence-electron chi connectivity index (χ2n) is 8.98. The highest BCUT2D eigenvalue weighted by molar-refractivity contribution is 7.90. The Morgan fingerprint density at radius 2 is 1.61 bits per heavy atom. The van der Waals surface area contributed by atoms with E-state index in [2.05, 4.69) is 19.7 Å². The lowest BCUT2D eigenvalue weighted by molar-refractivity contribution is 0.0978. The predicted octanol–water partition coefficient (Wildman–Crippen LogP) is 5.49. The second kappa shape index (κ2) is 10.6. The summed E-state index contributed by atoms with van der Waals surface area (Å²) < 4.78 is 39.3. The molecule has 9 nitrogen and oxygen atoms in total. The van der Waals surface area contributed by atoms with Gasteiger partial charge in [0.2, 0.25) is 11.8 Å². The third kappa shape index (κ3) is 5.65. The van der Waals surface area contributed by atoms with Gasteiger partial charge in [-0.25, -0.2) is 19.7 Å². The number of pyridine rings is 3. The van der Waals surface area contributed by atoms with Crippen molar-refractivity contribution in [2.24, 2.45) is 0 Å². The fourth-order valence-electron chi connectivity index (χ4n) is 4.09. The van der Waals surface area contributed by atoms with Gasteiger partial charge in [0.05, 0.1) is 12.8 Å². The number of aryl methyl sites for hydroxylation is 5. The molecular weight excluding hydrogens is 504 g/mol. The Morgan fingerprint density at radius 1 is 0.895 bits per heavy atom. The van der Waals surface area contributed by atoms with E-state index in [9.17, 15) is 13.2 Å². The Bertz CT molecular complexity index is 1640. The average Bonchev–Trinajstić information content (AvgIpc) is 2.85. The number of nitrogens with one attached hydrogen (secondary N) is 1. The second-order valence-corrected chi connectivity index (χ2v) is 10.6. The van der Waals surface area contributed by atoms with Crippen LogP contribution in [0.2, 0.25) is 0 Å². The van der Waals surface area contributed by atoms with Gasteiger partial charge in [0.25, 0.3) is 15.9 Å². The van der Waals surface area contributed by atoms with Gasteiger partial charge < -0.3 is 9.47 Å². The molecule has 0 atom stereocenters. The van der Waals surface area contributed by atoms with E-state index in [4.69, 9.17) is 9.47 Å². The van der Waals surface area contributed by atoms with Crippen molar-refractivity contribution in [1.29, 1.82) is 0 Å². The van der Waals surface area contributed by atoms with Gasteiger partial charge in [0.15, 0.2) is 5.03 Å². The molecule has 10 heteroatoms. The maximum absolute atomic E-state index is 13.3. The largest absolute Gasteiger partial charge is 0.481 e. The number of rotatable bonds is 7. The number of carbonyl (C=O) groups is 1. The van der Waals surface area contributed by atoms with Crippen LogP contribution in [0.3, 0.4) is 0 Å². The summed E-state index contributed by atoms with van der Waals surface area (Å²) >= 11 is 0. The van der Waals surface area contributed by atoms with Crippen LogP contribution in [0, 0.1) is 34.6 Å². The zero-order chi connectivity index (χ0) is 27.6. The van der Waals surface area contributed by atoms with E-state index >= 15 is 0 Å². The molecule has 0 aliphatic heterocycles. The Morgan fingerprint density at radius 3 is 2.24 bits per heavy atom. The Balaban J connectivity index is 0.00000280. The number of sulfonamides is 1. The van der Waals surface area contributed by atoms with E-state index in [-0.39, 0.29) is 19.3 Å². The molecule has 38 heavy (non-hydrogen) atoms. The topological polar surface area (TPSA) is 120 Å². The fraction of sp³-hybridized carbons (Fsp3) is 0.214. The van der Waals surface area contributed by atoms with E-state index in [0.29, 0.717) is 28.6 Å². The number of carbonyl (C=O) groups excluding carboxylic acids is 1. The lowest BCUT2D eigenvalue weighted by Crippen LogP contribution is -2.31. The molecule has 0 aliphatic rings. The zero-order valence-corrected chi connectivity index (χ0v) is 22.8. The quantitative estimate of drug-likeness (QED) is 0.329. The molecule has 4 aromatic rings. The first kappa shape index (κ1) is 26.7. The molecule has 0 bridgehead atoms. The van der Waals surface area contributed by atoms with Crippen molar-refractivity contribution < 1.29 is 25.5 Å². The molecule has 1 aromatic carbocycles. The third-order valence-corrected chi connectivity index (χ3v) is 7.02.